The van der Waals surface area contributed by atoms with Crippen LogP contribution >= 0.6 is 0 Å². The third-order valence-electron chi connectivity index (χ3n) is 3.47. The number of carboxylic acid groups (broad SMARTS) is 1. The molecule has 1 saturated heterocycles. The highest BCUT2D eigenvalue weighted by atomic mass is 16.4. The maximum Gasteiger partial charge on any atom is 0.317 e. The molecule has 0 amide bonds. The molecular formula is C11H19NO3. The lowest BCUT2D eigenvalue weighted by molar-refractivity contribution is -0.139. The van der Waals surface area contributed by atoms with Crippen molar-refractivity contribution < 1.29 is 15.0 Å². The SMILES string of the molecule is O=C(O)CN1CC[C@H](O)[C@@H](CC2CC2)C1. The molecule has 0 aromatic carbocycles. The van der Waals surface area contributed by atoms with Crippen LogP contribution in [-0.2, 0) is 4.79 Å². The summed E-state index contributed by atoms with van der Waals surface area (Å²) in [5.74, 6) is 0.330. The predicted octanol–water partition coefficient (Wildman–Crippen LogP) is 0.554. The zero-order chi connectivity index (χ0) is 10.8. The van der Waals surface area contributed by atoms with Gasteiger partial charge >= 0.3 is 5.97 Å². The minimum absolute atomic E-state index is 0.119. The van der Waals surface area contributed by atoms with Crippen LogP contribution in [-0.4, -0.2) is 46.8 Å². The molecule has 1 aliphatic heterocycles. The fourth-order valence-corrected chi connectivity index (χ4v) is 2.44. The molecule has 0 bridgehead atoms. The second kappa shape index (κ2) is 4.49. The Morgan fingerprint density at radius 2 is 2.07 bits per heavy atom. The van der Waals surface area contributed by atoms with Gasteiger partial charge in [-0.2, -0.15) is 0 Å². The smallest absolute Gasteiger partial charge is 0.317 e. The van der Waals surface area contributed by atoms with Gasteiger partial charge in [0.2, 0.25) is 0 Å². The number of hydrogen-bond donors (Lipinski definition) is 2. The number of aliphatic carboxylic acids is 1. The summed E-state index contributed by atoms with van der Waals surface area (Å²) in [5.41, 5.74) is 0. The molecule has 2 atom stereocenters. The highest BCUT2D eigenvalue weighted by Crippen LogP contribution is 2.37. The predicted molar refractivity (Wildman–Crippen MR) is 55.5 cm³/mol. The Kier molecular flexibility index (Phi) is 3.26. The standard InChI is InChI=1S/C11H19NO3/c13-10-3-4-12(7-11(14)15)6-9(10)5-8-1-2-8/h8-10,13H,1-7H2,(H,14,15)/t9-,10-/m0/s1. The summed E-state index contributed by atoms with van der Waals surface area (Å²) in [7, 11) is 0. The van der Waals surface area contributed by atoms with Crippen molar-refractivity contribution in [2.24, 2.45) is 11.8 Å². The largest absolute Gasteiger partial charge is 0.480 e. The Labute approximate surface area is 89.9 Å². The number of piperidine rings is 1. The monoisotopic (exact) mass is 213 g/mol. The van der Waals surface area contributed by atoms with Crippen LogP contribution in [0.3, 0.4) is 0 Å². The van der Waals surface area contributed by atoms with E-state index in [1.165, 1.54) is 12.8 Å². The molecular weight excluding hydrogens is 194 g/mol. The summed E-state index contributed by atoms with van der Waals surface area (Å²) in [6.07, 6.45) is 4.18. The summed E-state index contributed by atoms with van der Waals surface area (Å²) in [4.78, 5) is 12.5. The van der Waals surface area contributed by atoms with Crippen molar-refractivity contribution in [3.8, 4) is 0 Å². The lowest BCUT2D eigenvalue weighted by Gasteiger charge is -2.35. The first-order valence-corrected chi connectivity index (χ1v) is 5.77. The summed E-state index contributed by atoms with van der Waals surface area (Å²) in [6, 6.07) is 0. The number of hydrogen-bond acceptors (Lipinski definition) is 3. The number of aliphatic hydroxyl groups excluding tert-OH is 1. The van der Waals surface area contributed by atoms with E-state index < -0.39 is 5.97 Å². The lowest BCUT2D eigenvalue weighted by Crippen LogP contribution is -2.45. The van der Waals surface area contributed by atoms with E-state index in [1.807, 2.05) is 4.90 Å². The molecule has 15 heavy (non-hydrogen) atoms. The van der Waals surface area contributed by atoms with Crippen LogP contribution in [0, 0.1) is 11.8 Å². The molecule has 1 aliphatic carbocycles. The van der Waals surface area contributed by atoms with E-state index in [-0.39, 0.29) is 12.6 Å². The van der Waals surface area contributed by atoms with Gasteiger partial charge in [0.25, 0.3) is 0 Å². The zero-order valence-electron chi connectivity index (χ0n) is 8.93. The van der Waals surface area contributed by atoms with Gasteiger partial charge in [-0.25, -0.2) is 0 Å². The number of carbonyl (C=O) groups is 1. The van der Waals surface area contributed by atoms with Crippen molar-refractivity contribution in [1.29, 1.82) is 0 Å². The van der Waals surface area contributed by atoms with Crippen LogP contribution in [0.4, 0.5) is 0 Å². The number of likely N-dealkylation sites (tertiary alicyclic amines) is 1. The minimum atomic E-state index is -0.767. The number of rotatable bonds is 4. The molecule has 0 spiro atoms. The molecule has 1 heterocycles. The first-order valence-electron chi connectivity index (χ1n) is 5.77. The summed E-state index contributed by atoms with van der Waals surface area (Å²) >= 11 is 0. The molecule has 1 saturated carbocycles. The highest BCUT2D eigenvalue weighted by Gasteiger charge is 2.33. The highest BCUT2D eigenvalue weighted by molar-refractivity contribution is 5.69. The Morgan fingerprint density at radius 3 is 2.67 bits per heavy atom. The Bertz CT molecular complexity index is 240. The third-order valence-corrected chi connectivity index (χ3v) is 3.47. The van der Waals surface area contributed by atoms with E-state index in [0.29, 0.717) is 12.5 Å². The molecule has 2 fully saturated rings. The first-order chi connectivity index (χ1) is 7.15. The van der Waals surface area contributed by atoms with Crippen LogP contribution < -0.4 is 0 Å². The van der Waals surface area contributed by atoms with Gasteiger partial charge in [-0.15, -0.1) is 0 Å². The van der Waals surface area contributed by atoms with Crippen molar-refractivity contribution in [2.45, 2.75) is 31.8 Å². The van der Waals surface area contributed by atoms with Crippen LogP contribution in [0.5, 0.6) is 0 Å². The van der Waals surface area contributed by atoms with Gasteiger partial charge in [-0.1, -0.05) is 12.8 Å². The van der Waals surface area contributed by atoms with E-state index in [4.69, 9.17) is 5.11 Å². The van der Waals surface area contributed by atoms with E-state index in [9.17, 15) is 9.90 Å². The number of carboxylic acids is 1. The number of nitrogens with zero attached hydrogens (tertiary/aromatic N) is 1. The van der Waals surface area contributed by atoms with Crippen LogP contribution in [0.15, 0.2) is 0 Å². The zero-order valence-corrected chi connectivity index (χ0v) is 8.93. The van der Waals surface area contributed by atoms with Gasteiger partial charge in [0, 0.05) is 13.1 Å². The van der Waals surface area contributed by atoms with Gasteiger partial charge in [0.1, 0.15) is 0 Å². The molecule has 2 N–H and O–H groups in total. The normalized spacial score (nSPS) is 32.9. The molecule has 0 radical (unpaired) electrons. The van der Waals surface area contributed by atoms with Crippen molar-refractivity contribution >= 4 is 5.97 Å². The van der Waals surface area contributed by atoms with Crippen LogP contribution in [0.25, 0.3) is 0 Å². The molecule has 0 aromatic heterocycles. The molecule has 2 aliphatic rings. The average Bonchev–Trinajstić information content (AvgIpc) is 2.94. The second-order valence-electron chi connectivity index (χ2n) is 4.92. The maximum absolute atomic E-state index is 10.6. The first kappa shape index (κ1) is 10.9. The minimum Gasteiger partial charge on any atom is -0.480 e. The van der Waals surface area contributed by atoms with Gasteiger partial charge < -0.3 is 10.2 Å². The van der Waals surface area contributed by atoms with E-state index in [2.05, 4.69) is 0 Å². The van der Waals surface area contributed by atoms with Gasteiger partial charge in [-0.05, 0) is 24.7 Å². The molecule has 0 aromatic rings. The van der Waals surface area contributed by atoms with Crippen LogP contribution in [0.1, 0.15) is 25.7 Å². The van der Waals surface area contributed by atoms with Crippen molar-refractivity contribution in [3.63, 3.8) is 0 Å². The third kappa shape index (κ3) is 3.18. The fraction of sp³-hybridized carbons (Fsp3) is 0.909. The van der Waals surface area contributed by atoms with E-state index >= 15 is 0 Å². The lowest BCUT2D eigenvalue weighted by atomic mass is 9.90. The van der Waals surface area contributed by atoms with Crippen LogP contribution in [0.2, 0.25) is 0 Å². The molecule has 4 heteroatoms. The Hall–Kier alpha value is -0.610. The molecule has 4 nitrogen and oxygen atoms in total. The Balaban J connectivity index is 1.82. The summed E-state index contributed by atoms with van der Waals surface area (Å²) in [5, 5.41) is 18.5. The number of aliphatic hydroxyl groups is 1. The van der Waals surface area contributed by atoms with E-state index in [0.717, 1.165) is 25.3 Å². The van der Waals surface area contributed by atoms with Gasteiger partial charge in [-0.3, -0.25) is 9.69 Å². The van der Waals surface area contributed by atoms with Gasteiger partial charge in [0.15, 0.2) is 0 Å². The van der Waals surface area contributed by atoms with Gasteiger partial charge in [0.05, 0.1) is 12.6 Å². The Morgan fingerprint density at radius 1 is 1.33 bits per heavy atom. The van der Waals surface area contributed by atoms with Crippen molar-refractivity contribution in [3.05, 3.63) is 0 Å². The maximum atomic E-state index is 10.6. The fourth-order valence-electron chi connectivity index (χ4n) is 2.44. The van der Waals surface area contributed by atoms with Crippen molar-refractivity contribution in [2.75, 3.05) is 19.6 Å². The summed E-state index contributed by atoms with van der Waals surface area (Å²) in [6.45, 7) is 1.59. The molecule has 2 rings (SSSR count). The summed E-state index contributed by atoms with van der Waals surface area (Å²) < 4.78 is 0. The van der Waals surface area contributed by atoms with E-state index in [1.54, 1.807) is 0 Å². The quantitative estimate of drug-likeness (QED) is 0.716. The second-order valence-corrected chi connectivity index (χ2v) is 4.92. The molecule has 86 valence electrons. The van der Waals surface area contributed by atoms with Crippen molar-refractivity contribution in [1.82, 2.24) is 4.90 Å². The molecule has 0 unspecified atom stereocenters. The topological polar surface area (TPSA) is 60.8 Å². The average molecular weight is 213 g/mol.